The van der Waals surface area contributed by atoms with Gasteiger partial charge in [0.05, 0.1) is 0 Å². The van der Waals surface area contributed by atoms with Crippen LogP contribution < -0.4 is 9.80 Å². The number of nitrogens with zero attached hydrogens (tertiary/aromatic N) is 2. The molecule has 0 radical (unpaired) electrons. The molecule has 0 amide bonds. The minimum Gasteiger partial charge on any atom is -0.455 e. The first-order valence-electron chi connectivity index (χ1n) is 27.0. The average molecular weight is 999 g/mol. The maximum atomic E-state index is 7.02. The van der Waals surface area contributed by atoms with E-state index in [1.165, 1.54) is 55.6 Å². The van der Waals surface area contributed by atoms with E-state index in [9.17, 15) is 0 Å². The Balaban J connectivity index is 0.790. The van der Waals surface area contributed by atoms with E-state index in [0.717, 1.165) is 88.8 Å². The van der Waals surface area contributed by atoms with Crippen molar-refractivity contribution in [2.45, 2.75) is 24.7 Å². The summed E-state index contributed by atoms with van der Waals surface area (Å²) in [5.74, 6) is 0. The van der Waals surface area contributed by atoms with Gasteiger partial charge < -0.3 is 18.6 Å². The summed E-state index contributed by atoms with van der Waals surface area (Å²) in [6, 6.07) is 97.0. The van der Waals surface area contributed by atoms with Crippen LogP contribution in [0.25, 0.3) is 76.9 Å². The van der Waals surface area contributed by atoms with Crippen LogP contribution in [-0.2, 0) is 10.8 Å². The summed E-state index contributed by atoms with van der Waals surface area (Å²) in [5, 5.41) is 6.31. The van der Waals surface area contributed by atoms with Crippen LogP contribution in [0.2, 0.25) is 0 Å². The van der Waals surface area contributed by atoms with Gasteiger partial charge in [-0.1, -0.05) is 158 Å². The second-order valence-corrected chi connectivity index (χ2v) is 21.4. The largest absolute Gasteiger partial charge is 0.455 e. The minimum absolute atomic E-state index is 0.325. The lowest BCUT2D eigenvalue weighted by molar-refractivity contribution is 0.669. The molecule has 2 aliphatic carbocycles. The molecule has 2 aliphatic rings. The fourth-order valence-electron chi connectivity index (χ4n) is 13.6. The lowest BCUT2D eigenvalue weighted by atomic mass is 9.74. The van der Waals surface area contributed by atoms with E-state index in [2.05, 4.69) is 291 Å². The molecule has 0 fully saturated rings. The highest BCUT2D eigenvalue weighted by atomic mass is 16.3. The lowest BCUT2D eigenvalue weighted by Gasteiger charge is -2.31. The van der Waals surface area contributed by atoms with Crippen LogP contribution in [0.15, 0.2) is 276 Å². The molecule has 368 valence electrons. The van der Waals surface area contributed by atoms with Crippen LogP contribution >= 0.6 is 0 Å². The molecule has 0 spiro atoms. The van der Waals surface area contributed by atoms with Crippen LogP contribution in [0, 0.1) is 0 Å². The topological polar surface area (TPSA) is 32.8 Å². The minimum atomic E-state index is -0.325. The number of benzene rings is 12. The third-order valence-corrected chi connectivity index (χ3v) is 17.4. The van der Waals surface area contributed by atoms with Crippen molar-refractivity contribution in [3.8, 4) is 22.3 Å². The zero-order chi connectivity index (χ0) is 51.7. The van der Waals surface area contributed by atoms with E-state index in [1.54, 1.807) is 0 Å². The van der Waals surface area contributed by atoms with Crippen molar-refractivity contribution >= 4 is 88.8 Å². The first-order chi connectivity index (χ1) is 38.4. The molecule has 0 N–H and O–H groups in total. The second kappa shape index (κ2) is 16.8. The van der Waals surface area contributed by atoms with Gasteiger partial charge >= 0.3 is 0 Å². The normalized spacial score (nSPS) is 13.7. The van der Waals surface area contributed by atoms with Crippen molar-refractivity contribution in [3.05, 3.63) is 300 Å². The van der Waals surface area contributed by atoms with Gasteiger partial charge in [-0.05, 0) is 167 Å². The molecular formula is C74H50N2O2. The molecule has 0 saturated heterocycles. The van der Waals surface area contributed by atoms with Crippen LogP contribution in [-0.4, -0.2) is 0 Å². The third kappa shape index (κ3) is 6.35. The molecule has 0 unspecified atom stereocenters. The first-order valence-corrected chi connectivity index (χ1v) is 27.0. The molecule has 4 nitrogen and oxygen atoms in total. The molecule has 0 saturated carbocycles. The van der Waals surface area contributed by atoms with Gasteiger partial charge in [0.2, 0.25) is 0 Å². The van der Waals surface area contributed by atoms with Gasteiger partial charge in [-0.2, -0.15) is 0 Å². The Morgan fingerprint density at radius 2 is 0.551 bits per heavy atom. The number of hydrogen-bond acceptors (Lipinski definition) is 4. The number of hydrogen-bond donors (Lipinski definition) is 0. The summed E-state index contributed by atoms with van der Waals surface area (Å²) in [7, 11) is 0. The molecule has 16 rings (SSSR count). The molecule has 0 aliphatic heterocycles. The van der Waals surface area contributed by atoms with E-state index in [1.807, 2.05) is 0 Å². The Morgan fingerprint density at radius 1 is 0.256 bits per heavy atom. The lowest BCUT2D eigenvalue weighted by Crippen LogP contribution is -2.23. The van der Waals surface area contributed by atoms with Gasteiger partial charge in [-0.15, -0.1) is 0 Å². The highest BCUT2D eigenvalue weighted by Crippen LogP contribution is 2.55. The van der Waals surface area contributed by atoms with Crippen LogP contribution in [0.4, 0.5) is 34.1 Å². The molecule has 78 heavy (non-hydrogen) atoms. The summed E-state index contributed by atoms with van der Waals surface area (Å²) in [5.41, 5.74) is 22.0. The van der Waals surface area contributed by atoms with Gasteiger partial charge in [-0.25, -0.2) is 0 Å². The number of para-hydroxylation sites is 2. The van der Waals surface area contributed by atoms with Crippen molar-refractivity contribution in [1.29, 1.82) is 0 Å². The summed E-state index contributed by atoms with van der Waals surface area (Å²) < 4.78 is 14.0. The monoisotopic (exact) mass is 998 g/mol. The number of fused-ring (bicyclic) bond motifs is 15. The fraction of sp³-hybridized carbons (Fsp3) is 0.0541. The summed E-state index contributed by atoms with van der Waals surface area (Å²) in [6.07, 6.45) is 0. The van der Waals surface area contributed by atoms with Gasteiger partial charge in [0.15, 0.2) is 0 Å². The van der Waals surface area contributed by atoms with E-state index >= 15 is 0 Å². The molecule has 2 heterocycles. The number of anilines is 6. The highest BCUT2D eigenvalue weighted by molar-refractivity contribution is 6.23. The molecular weight excluding hydrogens is 949 g/mol. The van der Waals surface area contributed by atoms with Gasteiger partial charge in [0, 0.05) is 89.4 Å². The Kier molecular flexibility index (Phi) is 9.56. The summed E-state index contributed by atoms with van der Waals surface area (Å²) in [4.78, 5) is 4.70. The Labute approximate surface area is 452 Å². The zero-order valence-electron chi connectivity index (χ0n) is 43.1. The van der Waals surface area contributed by atoms with E-state index in [-0.39, 0.29) is 10.8 Å². The van der Waals surface area contributed by atoms with Gasteiger partial charge in [-0.3, -0.25) is 0 Å². The van der Waals surface area contributed by atoms with Crippen LogP contribution in [0.1, 0.15) is 47.2 Å². The van der Waals surface area contributed by atoms with Gasteiger partial charge in [0.25, 0.3) is 0 Å². The van der Waals surface area contributed by atoms with Crippen molar-refractivity contribution in [2.75, 3.05) is 9.80 Å². The van der Waals surface area contributed by atoms with E-state index < -0.39 is 0 Å². The average Bonchev–Trinajstić information content (AvgIpc) is 4.41. The molecule has 0 bridgehead atoms. The predicted octanol–water partition coefficient (Wildman–Crippen LogP) is 20.2. The number of rotatable bonds is 8. The van der Waals surface area contributed by atoms with Gasteiger partial charge in [0.1, 0.15) is 22.3 Å². The maximum Gasteiger partial charge on any atom is 0.143 e. The Hall–Kier alpha value is -9.90. The smallest absolute Gasteiger partial charge is 0.143 e. The van der Waals surface area contributed by atoms with Crippen LogP contribution in [0.5, 0.6) is 0 Å². The first kappa shape index (κ1) is 44.4. The number of furan rings is 2. The summed E-state index contributed by atoms with van der Waals surface area (Å²) in [6.45, 7) is 4.75. The van der Waals surface area contributed by atoms with Crippen molar-refractivity contribution in [3.63, 3.8) is 0 Å². The molecule has 2 aromatic heterocycles. The zero-order valence-corrected chi connectivity index (χ0v) is 43.1. The summed E-state index contributed by atoms with van der Waals surface area (Å²) >= 11 is 0. The standard InChI is InChI=1S/C74H50N2O2/c1-73(65-31-13-9-27-55(65)56-28-10-14-32-66(56)73)47-19-17-25-51(43-47)75(49-21-5-3-6-22-49)53-35-37-59-61-39-41-64-63(71(61)77-69(59)45-53)42-40-62-60-38-36-54(46-70(60)78-72(62)64)76(50-23-7-4-8-24-50)52-26-18-20-48(44-52)74(2)67-33-15-11-29-57(67)58-30-12-16-34-68(58)74/h3-46H,1-2H3. The van der Waals surface area contributed by atoms with Crippen LogP contribution in [0.3, 0.4) is 0 Å². The quantitative estimate of drug-likeness (QED) is 0.152. The predicted molar refractivity (Wildman–Crippen MR) is 323 cm³/mol. The Morgan fingerprint density at radius 3 is 0.923 bits per heavy atom. The second-order valence-electron chi connectivity index (χ2n) is 21.4. The fourth-order valence-corrected chi connectivity index (χ4v) is 13.6. The third-order valence-electron chi connectivity index (χ3n) is 17.4. The SMILES string of the molecule is CC1(c2cccc(N(c3ccccc3)c3ccc4c(c3)oc3c4ccc4c3ccc3c5ccc(N(c6ccccc6)c6cccc(C7(C)c8ccccc8-c8ccccc87)c6)cc5oc34)c2)c2ccccc2-c2ccccc21. The Bertz CT molecular complexity index is 4350. The molecule has 14 aromatic rings. The van der Waals surface area contributed by atoms with E-state index in [0.29, 0.717) is 0 Å². The molecule has 0 atom stereocenters. The van der Waals surface area contributed by atoms with Crippen molar-refractivity contribution in [1.82, 2.24) is 0 Å². The maximum absolute atomic E-state index is 7.02. The highest BCUT2D eigenvalue weighted by Gasteiger charge is 2.42. The van der Waals surface area contributed by atoms with Crippen molar-refractivity contribution in [2.24, 2.45) is 0 Å². The van der Waals surface area contributed by atoms with E-state index in [4.69, 9.17) is 8.83 Å². The van der Waals surface area contributed by atoms with Crippen molar-refractivity contribution < 1.29 is 8.83 Å². The molecule has 12 aromatic carbocycles. The molecule has 4 heteroatoms.